The summed E-state index contributed by atoms with van der Waals surface area (Å²) in [5, 5.41) is 2.96. The Labute approximate surface area is 188 Å². The van der Waals surface area contributed by atoms with Gasteiger partial charge < -0.3 is 15.1 Å². The Hall–Kier alpha value is -3.26. The molecule has 8 heteroatoms. The Kier molecular flexibility index (Phi) is 6.50. The van der Waals surface area contributed by atoms with E-state index in [0.717, 1.165) is 43.1 Å². The lowest BCUT2D eigenvalue weighted by atomic mass is 10.1. The summed E-state index contributed by atoms with van der Waals surface area (Å²) < 4.78 is 0. The number of hydrogen-bond donors (Lipinski definition) is 1. The molecule has 8 nitrogen and oxygen atoms in total. The minimum Gasteiger partial charge on any atom is -0.354 e. The Balaban J connectivity index is 1.27. The highest BCUT2D eigenvalue weighted by molar-refractivity contribution is 6.21. The number of hydrogen-bond acceptors (Lipinski definition) is 6. The van der Waals surface area contributed by atoms with Crippen LogP contribution in [0.3, 0.4) is 0 Å². The molecule has 1 aromatic carbocycles. The first-order valence-electron chi connectivity index (χ1n) is 11.0. The van der Waals surface area contributed by atoms with Crippen molar-refractivity contribution < 1.29 is 14.4 Å². The first-order chi connectivity index (χ1) is 15.4. The van der Waals surface area contributed by atoms with Gasteiger partial charge in [-0.2, -0.15) is 0 Å². The van der Waals surface area contributed by atoms with Gasteiger partial charge in [-0.1, -0.05) is 17.7 Å². The van der Waals surface area contributed by atoms with Crippen molar-refractivity contribution in [2.45, 2.75) is 26.3 Å². The van der Waals surface area contributed by atoms with E-state index in [9.17, 15) is 14.4 Å². The van der Waals surface area contributed by atoms with E-state index < -0.39 is 0 Å². The molecular formula is C24H29N5O3. The topological polar surface area (TPSA) is 85.8 Å². The van der Waals surface area contributed by atoms with Gasteiger partial charge in [0.05, 0.1) is 11.1 Å². The van der Waals surface area contributed by atoms with Crippen LogP contribution in [0, 0.1) is 6.92 Å². The van der Waals surface area contributed by atoms with Gasteiger partial charge in [-0.25, -0.2) is 4.98 Å². The summed E-state index contributed by atoms with van der Waals surface area (Å²) in [5.41, 5.74) is 2.82. The lowest BCUT2D eigenvalue weighted by molar-refractivity contribution is -0.121. The number of nitrogens with one attached hydrogen (secondary N) is 1. The van der Waals surface area contributed by atoms with Gasteiger partial charge in [0.25, 0.3) is 11.8 Å². The van der Waals surface area contributed by atoms with Crippen LogP contribution in [0.2, 0.25) is 0 Å². The highest BCUT2D eigenvalue weighted by atomic mass is 16.2. The number of fused-ring (bicyclic) bond motifs is 1. The van der Waals surface area contributed by atoms with E-state index in [1.165, 1.54) is 4.90 Å². The molecule has 1 N–H and O–H groups in total. The predicted octanol–water partition coefficient (Wildman–Crippen LogP) is 1.83. The minimum atomic E-state index is -0.280. The molecular weight excluding hydrogens is 406 g/mol. The molecule has 1 saturated heterocycles. The molecule has 168 valence electrons. The molecule has 2 aliphatic rings. The molecule has 0 unspecified atom stereocenters. The fraction of sp³-hybridized carbons (Fsp3) is 0.417. The number of pyridine rings is 1. The molecule has 32 heavy (non-hydrogen) atoms. The van der Waals surface area contributed by atoms with Crippen molar-refractivity contribution in [3.8, 4) is 0 Å². The van der Waals surface area contributed by atoms with Crippen molar-refractivity contribution >= 4 is 23.5 Å². The molecule has 0 atom stereocenters. The van der Waals surface area contributed by atoms with E-state index in [1.807, 2.05) is 25.1 Å². The van der Waals surface area contributed by atoms with Crippen molar-refractivity contribution in [2.24, 2.45) is 0 Å². The summed E-state index contributed by atoms with van der Waals surface area (Å²) >= 11 is 0. The van der Waals surface area contributed by atoms with Crippen molar-refractivity contribution in [3.05, 3.63) is 58.8 Å². The highest BCUT2D eigenvalue weighted by Crippen LogP contribution is 2.24. The van der Waals surface area contributed by atoms with Crippen molar-refractivity contribution in [3.63, 3.8) is 0 Å². The smallest absolute Gasteiger partial charge is 0.261 e. The second-order valence-electron chi connectivity index (χ2n) is 8.47. The Bertz CT molecular complexity index is 1030. The number of nitrogens with zero attached hydrogens (tertiary/aromatic N) is 4. The Morgan fingerprint density at radius 2 is 1.81 bits per heavy atom. The monoisotopic (exact) mass is 435 g/mol. The molecule has 3 amide bonds. The Morgan fingerprint density at radius 3 is 2.59 bits per heavy atom. The number of aryl methyl sites for hydroxylation is 1. The predicted molar refractivity (Wildman–Crippen MR) is 122 cm³/mol. The number of anilines is 1. The molecule has 4 rings (SSSR count). The van der Waals surface area contributed by atoms with E-state index in [2.05, 4.69) is 27.1 Å². The molecule has 2 aromatic rings. The maximum atomic E-state index is 12.5. The van der Waals surface area contributed by atoms with Gasteiger partial charge in [-0.15, -0.1) is 0 Å². The SMILES string of the molecule is Cc1ccc2c(c1)C(=O)N(CCCC(=O)NCc1cccnc1N1CCN(C)CC1)C2=O. The van der Waals surface area contributed by atoms with Gasteiger partial charge in [-0.05, 0) is 38.6 Å². The number of carbonyl (C=O) groups is 3. The normalized spacial score (nSPS) is 16.4. The van der Waals surface area contributed by atoms with Crippen LogP contribution in [0.1, 0.15) is 44.7 Å². The van der Waals surface area contributed by atoms with Gasteiger partial charge in [-0.3, -0.25) is 19.3 Å². The van der Waals surface area contributed by atoms with Crippen LogP contribution >= 0.6 is 0 Å². The third-order valence-electron chi connectivity index (χ3n) is 6.06. The van der Waals surface area contributed by atoms with Crippen molar-refractivity contribution in [2.75, 3.05) is 44.7 Å². The number of likely N-dealkylation sites (N-methyl/N-ethyl adjacent to an activating group) is 1. The molecule has 1 fully saturated rings. The van der Waals surface area contributed by atoms with Crippen LogP contribution in [0.4, 0.5) is 5.82 Å². The summed E-state index contributed by atoms with van der Waals surface area (Å²) in [5.74, 6) is 0.256. The van der Waals surface area contributed by atoms with Gasteiger partial charge in [0.15, 0.2) is 0 Å². The molecule has 3 heterocycles. The lowest BCUT2D eigenvalue weighted by Crippen LogP contribution is -2.45. The third-order valence-corrected chi connectivity index (χ3v) is 6.06. The molecule has 1 aromatic heterocycles. The number of carbonyl (C=O) groups excluding carboxylic acids is 3. The molecule has 0 radical (unpaired) electrons. The maximum Gasteiger partial charge on any atom is 0.261 e. The van der Waals surface area contributed by atoms with Crippen LogP contribution in [0.25, 0.3) is 0 Å². The second kappa shape index (κ2) is 9.48. The molecule has 2 aliphatic heterocycles. The zero-order valence-electron chi connectivity index (χ0n) is 18.6. The van der Waals surface area contributed by atoms with E-state index in [0.29, 0.717) is 24.1 Å². The van der Waals surface area contributed by atoms with Crippen molar-refractivity contribution in [1.82, 2.24) is 20.1 Å². The lowest BCUT2D eigenvalue weighted by Gasteiger charge is -2.34. The highest BCUT2D eigenvalue weighted by Gasteiger charge is 2.35. The van der Waals surface area contributed by atoms with Gasteiger partial charge >= 0.3 is 0 Å². The average Bonchev–Trinajstić information content (AvgIpc) is 3.02. The zero-order valence-corrected chi connectivity index (χ0v) is 18.6. The standard InChI is InChI=1S/C24H29N5O3/c1-17-7-8-19-20(15-17)24(32)29(23(19)31)10-4-6-21(30)26-16-18-5-3-9-25-22(18)28-13-11-27(2)12-14-28/h3,5,7-9,15H,4,6,10-14,16H2,1-2H3,(H,26,30). The fourth-order valence-corrected chi connectivity index (χ4v) is 4.16. The van der Waals surface area contributed by atoms with Crippen LogP contribution in [0.15, 0.2) is 36.5 Å². The first-order valence-corrected chi connectivity index (χ1v) is 11.0. The molecule has 0 bridgehead atoms. The van der Waals surface area contributed by atoms with Gasteiger partial charge in [0.2, 0.25) is 5.91 Å². The second-order valence-corrected chi connectivity index (χ2v) is 8.47. The zero-order chi connectivity index (χ0) is 22.7. The number of amides is 3. The summed E-state index contributed by atoms with van der Waals surface area (Å²) in [4.78, 5) is 47.8. The van der Waals surface area contributed by atoms with E-state index in [4.69, 9.17) is 0 Å². The number of imide groups is 1. The number of rotatable bonds is 7. The van der Waals surface area contributed by atoms with Gasteiger partial charge in [0.1, 0.15) is 5.82 Å². The molecule has 0 spiro atoms. The van der Waals surface area contributed by atoms with Crippen LogP contribution in [-0.2, 0) is 11.3 Å². The van der Waals surface area contributed by atoms with E-state index in [1.54, 1.807) is 18.3 Å². The molecule has 0 saturated carbocycles. The molecule has 0 aliphatic carbocycles. The third kappa shape index (κ3) is 4.65. The number of piperazine rings is 1. The number of aromatic nitrogens is 1. The average molecular weight is 436 g/mol. The first kappa shape index (κ1) is 22.0. The minimum absolute atomic E-state index is 0.106. The summed E-state index contributed by atoms with van der Waals surface area (Å²) in [7, 11) is 2.11. The fourth-order valence-electron chi connectivity index (χ4n) is 4.16. The van der Waals surface area contributed by atoms with Crippen LogP contribution in [0.5, 0.6) is 0 Å². The van der Waals surface area contributed by atoms with E-state index in [-0.39, 0.29) is 30.7 Å². The quantitative estimate of drug-likeness (QED) is 0.668. The van der Waals surface area contributed by atoms with Crippen LogP contribution < -0.4 is 10.2 Å². The summed E-state index contributed by atoms with van der Waals surface area (Å²) in [6, 6.07) is 9.14. The summed E-state index contributed by atoms with van der Waals surface area (Å²) in [6.07, 6.45) is 2.45. The largest absolute Gasteiger partial charge is 0.354 e. The van der Waals surface area contributed by atoms with Gasteiger partial charge in [0, 0.05) is 57.4 Å². The Morgan fingerprint density at radius 1 is 1.06 bits per heavy atom. The number of benzene rings is 1. The maximum absolute atomic E-state index is 12.5. The van der Waals surface area contributed by atoms with E-state index >= 15 is 0 Å². The van der Waals surface area contributed by atoms with Crippen molar-refractivity contribution in [1.29, 1.82) is 0 Å². The van der Waals surface area contributed by atoms with Crippen LogP contribution in [-0.4, -0.2) is 72.3 Å². The summed E-state index contributed by atoms with van der Waals surface area (Å²) in [6.45, 7) is 6.32.